The first kappa shape index (κ1) is 27.3. The second-order valence-corrected chi connectivity index (χ2v) is 13.4. The number of urea groups is 1. The molecule has 1 aromatic rings. The van der Waals surface area contributed by atoms with Crippen molar-refractivity contribution in [3.8, 4) is 0 Å². The number of carbonyl (C=O) groups excluding carboxylic acids is 2. The van der Waals surface area contributed by atoms with E-state index >= 15 is 0 Å². The zero-order valence-electron chi connectivity index (χ0n) is 22.7. The molecule has 4 saturated carbocycles. The highest BCUT2D eigenvalue weighted by atomic mass is 19.1. The van der Waals surface area contributed by atoms with Gasteiger partial charge in [-0.05, 0) is 98.9 Å². The van der Waals surface area contributed by atoms with Crippen LogP contribution in [0.15, 0.2) is 18.2 Å². The van der Waals surface area contributed by atoms with Gasteiger partial charge in [-0.2, -0.15) is 0 Å². The molecule has 4 atom stereocenters. The van der Waals surface area contributed by atoms with Gasteiger partial charge in [0.1, 0.15) is 5.82 Å². The molecule has 0 aromatic heterocycles. The molecule has 2 unspecified atom stereocenters. The van der Waals surface area contributed by atoms with Gasteiger partial charge in [0, 0.05) is 18.0 Å². The lowest BCUT2D eigenvalue weighted by atomic mass is 9.43. The third-order valence-electron chi connectivity index (χ3n) is 9.44. The summed E-state index contributed by atoms with van der Waals surface area (Å²) >= 11 is 0. The summed E-state index contributed by atoms with van der Waals surface area (Å²) in [5.74, 6) is -0.0903. The molecule has 8 nitrogen and oxygen atoms in total. The van der Waals surface area contributed by atoms with E-state index in [4.69, 9.17) is 10.2 Å². The van der Waals surface area contributed by atoms with E-state index in [2.05, 4.69) is 34.7 Å². The first-order chi connectivity index (χ1) is 18.0. The maximum Gasteiger partial charge on any atom is 0.319 e. The van der Waals surface area contributed by atoms with Crippen LogP contribution in [0.2, 0.25) is 0 Å². The van der Waals surface area contributed by atoms with Crippen molar-refractivity contribution < 1.29 is 24.2 Å². The van der Waals surface area contributed by atoms with Crippen molar-refractivity contribution in [1.82, 2.24) is 15.5 Å². The number of benzene rings is 1. The van der Waals surface area contributed by atoms with E-state index in [1.807, 2.05) is 6.07 Å². The van der Waals surface area contributed by atoms with Crippen LogP contribution in [0.1, 0.15) is 70.8 Å². The van der Waals surface area contributed by atoms with Crippen LogP contribution >= 0.6 is 0 Å². The van der Waals surface area contributed by atoms with E-state index in [-0.39, 0.29) is 53.1 Å². The first-order valence-electron chi connectivity index (χ1n) is 14.1. The third-order valence-corrected chi connectivity index (χ3v) is 9.44. The van der Waals surface area contributed by atoms with Gasteiger partial charge in [0.15, 0.2) is 0 Å². The number of carbonyl (C=O) groups is 2. The average Bonchev–Trinajstić information content (AvgIpc) is 2.82. The fourth-order valence-corrected chi connectivity index (χ4v) is 8.82. The molecule has 9 heteroatoms. The monoisotopic (exact) mass is 530 g/mol. The minimum atomic E-state index is -0.628. The summed E-state index contributed by atoms with van der Waals surface area (Å²) in [6.07, 6.45) is 8.10. The summed E-state index contributed by atoms with van der Waals surface area (Å²) in [6.45, 7) is 6.11. The lowest BCUT2D eigenvalue weighted by Crippen LogP contribution is -2.65. The quantitative estimate of drug-likeness (QED) is 0.354. The Balaban J connectivity index is 1.12. The summed E-state index contributed by atoms with van der Waals surface area (Å²) < 4.78 is 15.0. The summed E-state index contributed by atoms with van der Waals surface area (Å²) in [4.78, 5) is 27.5. The maximum atomic E-state index is 15.0. The molecule has 4 bridgehead atoms. The number of rotatable bonds is 8. The molecule has 0 radical (unpaired) electrons. The molecule has 1 heterocycles. The lowest BCUT2D eigenvalue weighted by Gasteiger charge is -2.65. The number of aliphatic hydroxyl groups is 2. The van der Waals surface area contributed by atoms with E-state index in [0.717, 1.165) is 24.8 Å². The van der Waals surface area contributed by atoms with Gasteiger partial charge >= 0.3 is 6.03 Å². The van der Waals surface area contributed by atoms with Crippen molar-refractivity contribution in [2.75, 3.05) is 31.6 Å². The van der Waals surface area contributed by atoms with Crippen LogP contribution in [0.4, 0.5) is 14.9 Å². The average molecular weight is 531 g/mol. The van der Waals surface area contributed by atoms with Crippen molar-refractivity contribution in [3.05, 3.63) is 29.6 Å². The van der Waals surface area contributed by atoms with E-state index in [1.54, 1.807) is 6.07 Å². The van der Waals surface area contributed by atoms with Crippen molar-refractivity contribution in [2.45, 2.75) is 83.3 Å². The van der Waals surface area contributed by atoms with Crippen LogP contribution < -0.4 is 16.0 Å². The molecule has 1 saturated heterocycles. The maximum absolute atomic E-state index is 15.0. The Morgan fingerprint density at radius 3 is 2.29 bits per heavy atom. The van der Waals surface area contributed by atoms with Gasteiger partial charge in [-0.15, -0.1) is 0 Å². The first-order valence-corrected chi connectivity index (χ1v) is 14.1. The number of anilines is 1. The molecule has 5 N–H and O–H groups in total. The van der Waals surface area contributed by atoms with Crippen LogP contribution in [0.3, 0.4) is 0 Å². The summed E-state index contributed by atoms with van der Waals surface area (Å²) in [7, 11) is 0. The molecule has 5 aliphatic rings. The smallest absolute Gasteiger partial charge is 0.319 e. The fourth-order valence-electron chi connectivity index (χ4n) is 8.82. The second-order valence-electron chi connectivity index (χ2n) is 13.4. The van der Waals surface area contributed by atoms with Gasteiger partial charge in [0.05, 0.1) is 24.9 Å². The van der Waals surface area contributed by atoms with E-state index in [1.165, 1.54) is 25.3 Å². The van der Waals surface area contributed by atoms with Gasteiger partial charge in [-0.25, -0.2) is 9.18 Å². The molecule has 38 heavy (non-hydrogen) atoms. The number of nitrogens with zero attached hydrogens (tertiary/aromatic N) is 1. The lowest BCUT2D eigenvalue weighted by molar-refractivity contribution is -0.127. The molecular formula is C29H43FN4O4. The number of nitrogens with one attached hydrogen (secondary N) is 3. The highest BCUT2D eigenvalue weighted by Gasteiger charge is 2.60. The van der Waals surface area contributed by atoms with Crippen LogP contribution in [0.5, 0.6) is 0 Å². The normalized spacial score (nSPS) is 32.9. The number of likely N-dealkylation sites (tertiary alicyclic amines) is 1. The molecular weight excluding hydrogens is 487 g/mol. The number of halogens is 1. The molecule has 1 aromatic carbocycles. The summed E-state index contributed by atoms with van der Waals surface area (Å²) in [6, 6.07) is 4.01. The van der Waals surface area contributed by atoms with E-state index in [9.17, 15) is 14.0 Å². The Hall–Kier alpha value is -2.23. The second kappa shape index (κ2) is 10.4. The van der Waals surface area contributed by atoms with Crippen LogP contribution in [-0.4, -0.2) is 64.9 Å². The number of piperidine rings is 1. The highest BCUT2D eigenvalue weighted by molar-refractivity contribution is 5.90. The predicted molar refractivity (Wildman–Crippen MR) is 143 cm³/mol. The van der Waals surface area contributed by atoms with Crippen molar-refractivity contribution in [2.24, 2.45) is 22.7 Å². The Labute approximate surface area is 224 Å². The standard InChI is InChI=1S/C29H43FN4O4/c1-27-10-20-11-28(2,16-27)18-29(12-20,17-27)33-26(38)32-24-4-3-19(9-23(24)30)13-34-7-5-21(6-8-34)25(37)31-22(14-35)15-36/h3-4,9,20-22,35-36H,5-8,10-18H2,1-2H3,(H,31,37)(H2,32,33,38)/t20?,27-,28+,29?. The highest BCUT2D eigenvalue weighted by Crippen LogP contribution is 2.66. The van der Waals surface area contributed by atoms with Crippen LogP contribution in [0, 0.1) is 28.5 Å². The zero-order chi connectivity index (χ0) is 27.1. The van der Waals surface area contributed by atoms with Gasteiger partial charge in [-0.3, -0.25) is 9.69 Å². The van der Waals surface area contributed by atoms with Crippen molar-refractivity contribution in [1.29, 1.82) is 0 Å². The number of aliphatic hydroxyl groups excluding tert-OH is 2. The molecule has 6 rings (SSSR count). The molecule has 210 valence electrons. The van der Waals surface area contributed by atoms with Gasteiger partial charge in [-0.1, -0.05) is 19.9 Å². The van der Waals surface area contributed by atoms with Gasteiger partial charge in [0.25, 0.3) is 0 Å². The SMILES string of the molecule is C[C@]12CC3CC(NC(=O)Nc4ccc(CN5CCC(C(=O)NC(CO)CO)CC5)cc4F)(C1)C[C@@](C)(C3)C2. The summed E-state index contributed by atoms with van der Waals surface area (Å²) in [5, 5.41) is 27.1. The largest absolute Gasteiger partial charge is 0.394 e. The number of hydrogen-bond donors (Lipinski definition) is 5. The molecule has 3 amide bonds. The Morgan fingerprint density at radius 1 is 1.05 bits per heavy atom. The Morgan fingerprint density at radius 2 is 1.71 bits per heavy atom. The number of hydrogen-bond acceptors (Lipinski definition) is 5. The Bertz CT molecular complexity index is 1040. The fraction of sp³-hybridized carbons (Fsp3) is 0.724. The minimum Gasteiger partial charge on any atom is -0.394 e. The molecule has 0 spiro atoms. The Kier molecular flexibility index (Phi) is 7.48. The molecule has 1 aliphatic heterocycles. The molecule has 5 fully saturated rings. The number of amides is 3. The summed E-state index contributed by atoms with van der Waals surface area (Å²) in [5.41, 5.74) is 1.38. The molecule has 4 aliphatic carbocycles. The van der Waals surface area contributed by atoms with E-state index < -0.39 is 11.9 Å². The minimum absolute atomic E-state index is 0.144. The van der Waals surface area contributed by atoms with Gasteiger partial charge < -0.3 is 26.2 Å². The zero-order valence-corrected chi connectivity index (χ0v) is 22.7. The van der Waals surface area contributed by atoms with Crippen LogP contribution in [-0.2, 0) is 11.3 Å². The third kappa shape index (κ3) is 5.84. The predicted octanol–water partition coefficient (Wildman–Crippen LogP) is 3.38. The topological polar surface area (TPSA) is 114 Å². The van der Waals surface area contributed by atoms with Gasteiger partial charge in [0.2, 0.25) is 5.91 Å². The van der Waals surface area contributed by atoms with Crippen molar-refractivity contribution >= 4 is 17.6 Å². The van der Waals surface area contributed by atoms with Crippen LogP contribution in [0.25, 0.3) is 0 Å². The van der Waals surface area contributed by atoms with E-state index in [0.29, 0.717) is 38.4 Å². The van der Waals surface area contributed by atoms with Crippen molar-refractivity contribution in [3.63, 3.8) is 0 Å².